The van der Waals surface area contributed by atoms with E-state index in [4.69, 9.17) is 5.73 Å². The Labute approximate surface area is 117 Å². The van der Waals surface area contributed by atoms with E-state index < -0.39 is 23.5 Å². The van der Waals surface area contributed by atoms with Gasteiger partial charge in [0.2, 0.25) is 0 Å². The van der Waals surface area contributed by atoms with E-state index >= 15 is 0 Å². The molecule has 0 spiro atoms. The number of hydrogen-bond acceptors (Lipinski definition) is 1. The molecule has 0 aliphatic carbocycles. The number of hydrogen-bond donors (Lipinski definition) is 1. The predicted molar refractivity (Wildman–Crippen MR) is 71.2 cm³/mol. The second kappa shape index (κ2) is 5.35. The molecule has 0 aliphatic rings. The molecular formula is C14H11BrF3N. The molecule has 0 aliphatic heterocycles. The van der Waals surface area contributed by atoms with Gasteiger partial charge in [-0.25, -0.2) is 13.2 Å². The molecule has 0 amide bonds. The van der Waals surface area contributed by atoms with Gasteiger partial charge in [0.1, 0.15) is 17.5 Å². The smallest absolute Gasteiger partial charge is 0.132 e. The first kappa shape index (κ1) is 14.1. The third-order valence-corrected chi connectivity index (χ3v) is 3.39. The zero-order valence-corrected chi connectivity index (χ0v) is 11.6. The van der Waals surface area contributed by atoms with Crippen molar-refractivity contribution in [3.05, 3.63) is 68.9 Å². The molecule has 2 rings (SSSR count). The molecule has 0 saturated heterocycles. The van der Waals surface area contributed by atoms with Crippen LogP contribution in [-0.2, 0) is 0 Å². The van der Waals surface area contributed by atoms with Gasteiger partial charge >= 0.3 is 0 Å². The molecule has 5 heteroatoms. The molecule has 1 unspecified atom stereocenters. The maximum atomic E-state index is 13.8. The van der Waals surface area contributed by atoms with Crippen LogP contribution in [0.3, 0.4) is 0 Å². The highest BCUT2D eigenvalue weighted by Gasteiger charge is 2.21. The van der Waals surface area contributed by atoms with Crippen molar-refractivity contribution in [3.63, 3.8) is 0 Å². The predicted octanol–water partition coefficient (Wildman–Crippen LogP) is 4.22. The molecule has 19 heavy (non-hydrogen) atoms. The van der Waals surface area contributed by atoms with Crippen molar-refractivity contribution < 1.29 is 13.2 Å². The zero-order valence-electron chi connectivity index (χ0n) is 10.1. The van der Waals surface area contributed by atoms with E-state index in [1.807, 2.05) is 0 Å². The molecule has 0 radical (unpaired) electrons. The molecule has 2 aromatic carbocycles. The van der Waals surface area contributed by atoms with Crippen molar-refractivity contribution in [3.8, 4) is 0 Å². The molecule has 2 N–H and O–H groups in total. The van der Waals surface area contributed by atoms with Gasteiger partial charge < -0.3 is 5.73 Å². The van der Waals surface area contributed by atoms with E-state index in [0.29, 0.717) is 11.1 Å². The number of rotatable bonds is 2. The first-order chi connectivity index (χ1) is 8.90. The Morgan fingerprint density at radius 1 is 1.05 bits per heavy atom. The van der Waals surface area contributed by atoms with Gasteiger partial charge in [0.05, 0.1) is 6.04 Å². The van der Waals surface area contributed by atoms with Gasteiger partial charge in [0.25, 0.3) is 0 Å². The number of benzene rings is 2. The van der Waals surface area contributed by atoms with Crippen LogP contribution in [-0.4, -0.2) is 0 Å². The standard InChI is InChI=1S/C14H11BrF3N/c1-7-2-3-9(16)6-10(7)14(19)13-11(17)4-8(15)5-12(13)18/h2-6,14H,19H2,1H3. The molecule has 1 atom stereocenters. The molecule has 100 valence electrons. The maximum absolute atomic E-state index is 13.8. The monoisotopic (exact) mass is 329 g/mol. The van der Waals surface area contributed by atoms with E-state index in [9.17, 15) is 13.2 Å². The highest BCUT2D eigenvalue weighted by Crippen LogP contribution is 2.29. The summed E-state index contributed by atoms with van der Waals surface area (Å²) in [5, 5.41) is 0. The van der Waals surface area contributed by atoms with E-state index in [1.165, 1.54) is 18.2 Å². The average Bonchev–Trinajstić information content (AvgIpc) is 2.30. The van der Waals surface area contributed by atoms with Crippen LogP contribution >= 0.6 is 15.9 Å². The zero-order chi connectivity index (χ0) is 14.2. The Kier molecular flexibility index (Phi) is 3.96. The summed E-state index contributed by atoms with van der Waals surface area (Å²) in [5.41, 5.74) is 6.65. The Hall–Kier alpha value is -1.33. The van der Waals surface area contributed by atoms with Crippen LogP contribution < -0.4 is 5.73 Å². The van der Waals surface area contributed by atoms with Crippen LogP contribution in [0.25, 0.3) is 0 Å². The van der Waals surface area contributed by atoms with E-state index in [1.54, 1.807) is 6.92 Å². The van der Waals surface area contributed by atoms with E-state index in [2.05, 4.69) is 15.9 Å². The van der Waals surface area contributed by atoms with Gasteiger partial charge in [-0.15, -0.1) is 0 Å². The van der Waals surface area contributed by atoms with Crippen LogP contribution in [0.5, 0.6) is 0 Å². The van der Waals surface area contributed by atoms with Gasteiger partial charge in [0.15, 0.2) is 0 Å². The van der Waals surface area contributed by atoms with Crippen molar-refractivity contribution in [2.45, 2.75) is 13.0 Å². The first-order valence-electron chi connectivity index (χ1n) is 5.56. The van der Waals surface area contributed by atoms with E-state index in [0.717, 1.165) is 12.1 Å². The van der Waals surface area contributed by atoms with Crippen LogP contribution in [0, 0.1) is 24.4 Å². The highest BCUT2D eigenvalue weighted by atomic mass is 79.9. The molecular weight excluding hydrogens is 319 g/mol. The van der Waals surface area contributed by atoms with Crippen molar-refractivity contribution in [1.29, 1.82) is 0 Å². The quantitative estimate of drug-likeness (QED) is 0.876. The van der Waals surface area contributed by atoms with Crippen LogP contribution in [0.2, 0.25) is 0 Å². The van der Waals surface area contributed by atoms with Crippen molar-refractivity contribution in [2.75, 3.05) is 0 Å². The maximum Gasteiger partial charge on any atom is 0.132 e. The summed E-state index contributed by atoms with van der Waals surface area (Å²) in [6, 6.07) is 5.21. The molecule has 0 aromatic heterocycles. The van der Waals surface area contributed by atoms with Gasteiger partial charge in [-0.2, -0.15) is 0 Å². The van der Waals surface area contributed by atoms with Crippen molar-refractivity contribution in [2.24, 2.45) is 5.73 Å². The van der Waals surface area contributed by atoms with Gasteiger partial charge in [-0.3, -0.25) is 0 Å². The molecule has 1 nitrogen and oxygen atoms in total. The lowest BCUT2D eigenvalue weighted by Crippen LogP contribution is -2.17. The largest absolute Gasteiger partial charge is 0.320 e. The topological polar surface area (TPSA) is 26.0 Å². The van der Waals surface area contributed by atoms with Crippen LogP contribution in [0.4, 0.5) is 13.2 Å². The molecule has 2 aromatic rings. The fourth-order valence-corrected chi connectivity index (χ4v) is 2.35. The molecule has 0 bridgehead atoms. The van der Waals surface area contributed by atoms with Crippen LogP contribution in [0.15, 0.2) is 34.8 Å². The minimum absolute atomic E-state index is 0.267. The summed E-state index contributed by atoms with van der Waals surface area (Å²) >= 11 is 3.00. The Balaban J connectivity index is 2.56. The SMILES string of the molecule is Cc1ccc(F)cc1C(N)c1c(F)cc(Br)cc1F. The Morgan fingerprint density at radius 2 is 1.63 bits per heavy atom. The van der Waals surface area contributed by atoms with Gasteiger partial charge in [-0.05, 0) is 42.3 Å². The third-order valence-electron chi connectivity index (χ3n) is 2.93. The molecule has 0 fully saturated rings. The minimum Gasteiger partial charge on any atom is -0.320 e. The summed E-state index contributed by atoms with van der Waals surface area (Å²) in [5.74, 6) is -2.01. The second-order valence-electron chi connectivity index (χ2n) is 4.26. The highest BCUT2D eigenvalue weighted by molar-refractivity contribution is 9.10. The fraction of sp³-hybridized carbons (Fsp3) is 0.143. The second-order valence-corrected chi connectivity index (χ2v) is 5.18. The lowest BCUT2D eigenvalue weighted by molar-refractivity contribution is 0.540. The van der Waals surface area contributed by atoms with Crippen molar-refractivity contribution in [1.82, 2.24) is 0 Å². The van der Waals surface area contributed by atoms with Gasteiger partial charge in [-0.1, -0.05) is 22.0 Å². The molecule has 0 heterocycles. The average molecular weight is 330 g/mol. The summed E-state index contributed by atoms with van der Waals surface area (Å²) in [4.78, 5) is 0. The molecule has 0 saturated carbocycles. The van der Waals surface area contributed by atoms with Crippen LogP contribution in [0.1, 0.15) is 22.7 Å². The van der Waals surface area contributed by atoms with Crippen molar-refractivity contribution >= 4 is 15.9 Å². The normalized spacial score (nSPS) is 12.5. The van der Waals surface area contributed by atoms with E-state index in [-0.39, 0.29) is 10.0 Å². The lowest BCUT2D eigenvalue weighted by Gasteiger charge is -2.17. The Bertz CT molecular complexity index is 605. The number of halogens is 4. The Morgan fingerprint density at radius 3 is 2.21 bits per heavy atom. The van der Waals surface area contributed by atoms with Gasteiger partial charge in [0, 0.05) is 10.0 Å². The third kappa shape index (κ3) is 2.82. The lowest BCUT2D eigenvalue weighted by atomic mass is 9.95. The number of nitrogens with two attached hydrogens (primary N) is 1. The summed E-state index contributed by atoms with van der Waals surface area (Å²) in [7, 11) is 0. The fourth-order valence-electron chi connectivity index (χ4n) is 1.95. The number of aryl methyl sites for hydroxylation is 1. The summed E-state index contributed by atoms with van der Waals surface area (Å²) < 4.78 is 41.2. The summed E-state index contributed by atoms with van der Waals surface area (Å²) in [6.45, 7) is 1.71. The first-order valence-corrected chi connectivity index (χ1v) is 6.35. The minimum atomic E-state index is -1.05. The summed E-state index contributed by atoms with van der Waals surface area (Å²) in [6.07, 6.45) is 0.